The summed E-state index contributed by atoms with van der Waals surface area (Å²) in [5.74, 6) is 1.73. The van der Waals surface area contributed by atoms with Gasteiger partial charge in [-0.2, -0.15) is 0 Å². The highest BCUT2D eigenvalue weighted by molar-refractivity contribution is 5.78. The summed E-state index contributed by atoms with van der Waals surface area (Å²) in [4.78, 5) is 14.5. The Bertz CT molecular complexity index is 313. The highest BCUT2D eigenvalue weighted by Crippen LogP contribution is 2.24. The van der Waals surface area contributed by atoms with Gasteiger partial charge in [0.25, 0.3) is 0 Å². The minimum absolute atomic E-state index is 0.238. The number of nitrogens with one attached hydrogen (secondary N) is 2. The molecule has 0 spiro atoms. The van der Waals surface area contributed by atoms with Crippen molar-refractivity contribution in [1.29, 1.82) is 0 Å². The molecule has 1 saturated heterocycles. The molecule has 2 unspecified atom stereocenters. The van der Waals surface area contributed by atoms with Crippen LogP contribution in [-0.2, 0) is 4.79 Å². The normalized spacial score (nSPS) is 28.5. The van der Waals surface area contributed by atoms with Gasteiger partial charge in [0.15, 0.2) is 0 Å². The van der Waals surface area contributed by atoms with Crippen LogP contribution in [0.3, 0.4) is 0 Å². The molecule has 0 bridgehead atoms. The molecule has 4 nitrogen and oxygen atoms in total. The lowest BCUT2D eigenvalue weighted by molar-refractivity contribution is -0.123. The second-order valence-corrected chi connectivity index (χ2v) is 7.05. The fourth-order valence-corrected chi connectivity index (χ4v) is 3.77. The van der Waals surface area contributed by atoms with Gasteiger partial charge < -0.3 is 10.6 Å². The van der Waals surface area contributed by atoms with Gasteiger partial charge in [-0.1, -0.05) is 19.8 Å². The third-order valence-electron chi connectivity index (χ3n) is 5.33. The van der Waals surface area contributed by atoms with Gasteiger partial charge in [-0.15, -0.1) is 0 Å². The largest absolute Gasteiger partial charge is 0.352 e. The molecule has 122 valence electrons. The summed E-state index contributed by atoms with van der Waals surface area (Å²) >= 11 is 0. The molecular weight excluding hydrogens is 262 g/mol. The Morgan fingerprint density at radius 3 is 2.52 bits per heavy atom. The fourth-order valence-electron chi connectivity index (χ4n) is 3.77. The van der Waals surface area contributed by atoms with E-state index in [0.29, 0.717) is 18.5 Å². The van der Waals surface area contributed by atoms with Crippen LogP contribution in [0.5, 0.6) is 0 Å². The van der Waals surface area contributed by atoms with Crippen molar-refractivity contribution in [2.45, 2.75) is 57.9 Å². The second kappa shape index (κ2) is 8.74. The van der Waals surface area contributed by atoms with Gasteiger partial charge in [-0.3, -0.25) is 9.69 Å². The predicted molar refractivity (Wildman–Crippen MR) is 87.3 cm³/mol. The number of nitrogens with zero attached hydrogens (tertiary/aromatic N) is 1. The van der Waals surface area contributed by atoms with Crippen molar-refractivity contribution >= 4 is 5.91 Å². The van der Waals surface area contributed by atoms with Crippen LogP contribution in [0.1, 0.15) is 51.9 Å². The van der Waals surface area contributed by atoms with Crippen molar-refractivity contribution in [2.24, 2.45) is 11.8 Å². The summed E-state index contributed by atoms with van der Waals surface area (Å²) in [6, 6.07) is 0.416. The van der Waals surface area contributed by atoms with E-state index in [1.54, 1.807) is 0 Å². The van der Waals surface area contributed by atoms with Crippen LogP contribution in [0.4, 0.5) is 0 Å². The number of hydrogen-bond donors (Lipinski definition) is 2. The first-order valence-electron chi connectivity index (χ1n) is 8.85. The van der Waals surface area contributed by atoms with Gasteiger partial charge in [0.2, 0.25) is 5.91 Å². The molecule has 2 rings (SSSR count). The van der Waals surface area contributed by atoms with E-state index in [1.165, 1.54) is 44.9 Å². The molecule has 0 aromatic rings. The zero-order chi connectivity index (χ0) is 15.1. The van der Waals surface area contributed by atoms with Crippen LogP contribution in [0.2, 0.25) is 0 Å². The minimum atomic E-state index is 0.238. The monoisotopic (exact) mass is 295 g/mol. The highest BCUT2D eigenvalue weighted by Gasteiger charge is 2.25. The van der Waals surface area contributed by atoms with E-state index < -0.39 is 0 Å². The van der Waals surface area contributed by atoms with Crippen LogP contribution in [0, 0.1) is 11.8 Å². The molecule has 2 aliphatic rings. The quantitative estimate of drug-likeness (QED) is 0.788. The molecular formula is C17H33N3O. The van der Waals surface area contributed by atoms with E-state index in [-0.39, 0.29) is 5.91 Å². The molecule has 21 heavy (non-hydrogen) atoms. The van der Waals surface area contributed by atoms with Gasteiger partial charge in [-0.25, -0.2) is 0 Å². The summed E-state index contributed by atoms with van der Waals surface area (Å²) in [5, 5.41) is 6.50. The molecule has 4 heteroatoms. The van der Waals surface area contributed by atoms with Crippen LogP contribution in [-0.4, -0.2) is 50.1 Å². The van der Waals surface area contributed by atoms with Crippen molar-refractivity contribution in [1.82, 2.24) is 15.5 Å². The smallest absolute Gasteiger partial charge is 0.234 e. The summed E-state index contributed by atoms with van der Waals surface area (Å²) in [7, 11) is 2.02. The van der Waals surface area contributed by atoms with Gasteiger partial charge >= 0.3 is 0 Å². The summed E-state index contributed by atoms with van der Waals surface area (Å²) in [6.45, 7) is 6.16. The number of hydrogen-bond acceptors (Lipinski definition) is 3. The Morgan fingerprint density at radius 2 is 1.86 bits per heavy atom. The summed E-state index contributed by atoms with van der Waals surface area (Å²) in [6.07, 6.45) is 8.79. The standard InChI is InChI=1S/C17H33N3O/c1-14-5-3-4-6-16(14)19-17(21)13-20-11-8-15(9-12-20)7-10-18-2/h14-16,18H,3-13H2,1-2H3,(H,19,21). The maximum atomic E-state index is 12.2. The molecule has 0 radical (unpaired) electrons. The summed E-state index contributed by atoms with van der Waals surface area (Å²) < 4.78 is 0. The average molecular weight is 295 g/mol. The van der Waals surface area contributed by atoms with Crippen molar-refractivity contribution in [3.05, 3.63) is 0 Å². The Kier molecular flexibility index (Phi) is 6.97. The van der Waals surface area contributed by atoms with Crippen LogP contribution in [0.15, 0.2) is 0 Å². The molecule has 1 heterocycles. The third-order valence-corrected chi connectivity index (χ3v) is 5.33. The molecule has 1 aliphatic heterocycles. The van der Waals surface area contributed by atoms with Gasteiger partial charge in [0.05, 0.1) is 6.54 Å². The Hall–Kier alpha value is -0.610. The molecule has 0 aromatic carbocycles. The zero-order valence-electron chi connectivity index (χ0n) is 13.9. The first kappa shape index (κ1) is 16.8. The Morgan fingerprint density at radius 1 is 1.14 bits per heavy atom. The van der Waals surface area contributed by atoms with Crippen molar-refractivity contribution in [3.8, 4) is 0 Å². The lowest BCUT2D eigenvalue weighted by Crippen LogP contribution is -2.47. The molecule has 0 aromatic heterocycles. The van der Waals surface area contributed by atoms with Gasteiger partial charge in [-0.05, 0) is 70.6 Å². The summed E-state index contributed by atoms with van der Waals surface area (Å²) in [5.41, 5.74) is 0. The van der Waals surface area contributed by atoms with Crippen LogP contribution < -0.4 is 10.6 Å². The van der Waals surface area contributed by atoms with E-state index in [4.69, 9.17) is 0 Å². The van der Waals surface area contributed by atoms with E-state index >= 15 is 0 Å². The molecule has 2 N–H and O–H groups in total. The number of carbonyl (C=O) groups excluding carboxylic acids is 1. The SMILES string of the molecule is CNCCC1CCN(CC(=O)NC2CCCCC2C)CC1. The van der Waals surface area contributed by atoms with Crippen LogP contribution in [0.25, 0.3) is 0 Å². The molecule has 2 atom stereocenters. The minimum Gasteiger partial charge on any atom is -0.352 e. The van der Waals surface area contributed by atoms with E-state index in [2.05, 4.69) is 22.5 Å². The topological polar surface area (TPSA) is 44.4 Å². The average Bonchev–Trinajstić information content (AvgIpc) is 2.49. The molecule has 1 aliphatic carbocycles. The molecule has 1 saturated carbocycles. The lowest BCUT2D eigenvalue weighted by Gasteiger charge is -2.33. The van der Waals surface area contributed by atoms with E-state index in [0.717, 1.165) is 25.6 Å². The zero-order valence-corrected chi connectivity index (χ0v) is 13.9. The lowest BCUT2D eigenvalue weighted by atomic mass is 9.86. The maximum Gasteiger partial charge on any atom is 0.234 e. The van der Waals surface area contributed by atoms with Crippen molar-refractivity contribution in [2.75, 3.05) is 33.2 Å². The van der Waals surface area contributed by atoms with E-state index in [1.807, 2.05) is 7.05 Å². The molecule has 1 amide bonds. The number of carbonyl (C=O) groups is 1. The van der Waals surface area contributed by atoms with Crippen LogP contribution >= 0.6 is 0 Å². The van der Waals surface area contributed by atoms with Gasteiger partial charge in [0, 0.05) is 6.04 Å². The van der Waals surface area contributed by atoms with Crippen molar-refractivity contribution in [3.63, 3.8) is 0 Å². The first-order valence-corrected chi connectivity index (χ1v) is 8.85. The second-order valence-electron chi connectivity index (χ2n) is 7.05. The Balaban J connectivity index is 1.64. The van der Waals surface area contributed by atoms with Crippen molar-refractivity contribution < 1.29 is 4.79 Å². The first-order chi connectivity index (χ1) is 10.2. The fraction of sp³-hybridized carbons (Fsp3) is 0.941. The predicted octanol–water partition coefficient (Wildman–Crippen LogP) is 2.00. The molecule has 2 fully saturated rings. The van der Waals surface area contributed by atoms with E-state index in [9.17, 15) is 4.79 Å². The highest BCUT2D eigenvalue weighted by atomic mass is 16.2. The third kappa shape index (κ3) is 5.59. The number of piperidine rings is 1. The maximum absolute atomic E-state index is 12.2. The number of likely N-dealkylation sites (tertiary alicyclic amines) is 1. The number of rotatable bonds is 6. The van der Waals surface area contributed by atoms with Gasteiger partial charge in [0.1, 0.15) is 0 Å². The number of amides is 1. The Labute approximate surface area is 130 Å².